The van der Waals surface area contributed by atoms with Gasteiger partial charge in [-0.1, -0.05) is 6.92 Å². The van der Waals surface area contributed by atoms with E-state index in [2.05, 4.69) is 10.2 Å². The third kappa shape index (κ3) is 2.04. The molecule has 4 rings (SSSR count). The Bertz CT molecular complexity index is 621. The number of carbonyl (C=O) groups excluding carboxylic acids is 1. The van der Waals surface area contributed by atoms with Crippen LogP contribution in [0.15, 0.2) is 5.57 Å². The monoisotopic (exact) mass is 301 g/mol. The maximum atomic E-state index is 13.2. The molecule has 0 N–H and O–H groups in total. The van der Waals surface area contributed by atoms with Gasteiger partial charge in [0.2, 0.25) is 5.82 Å². The summed E-state index contributed by atoms with van der Waals surface area (Å²) in [6, 6.07) is 0. The van der Waals surface area contributed by atoms with Crippen LogP contribution in [0.25, 0.3) is 6.20 Å². The van der Waals surface area contributed by atoms with Gasteiger partial charge in [0.25, 0.3) is 0 Å². The number of ether oxygens (including phenoxy) is 1. The minimum Gasteiger partial charge on any atom is -0.460 e. The normalized spacial score (nSPS) is 27.3. The second-order valence-corrected chi connectivity index (χ2v) is 5.36. The highest BCUT2D eigenvalue weighted by Crippen LogP contribution is 2.55. The average molecular weight is 301 g/mol. The Morgan fingerprint density at radius 3 is 2.71 bits per heavy atom. The summed E-state index contributed by atoms with van der Waals surface area (Å²) in [5, 5.41) is 7.62. The molecule has 1 fully saturated rings. The van der Waals surface area contributed by atoms with Gasteiger partial charge < -0.3 is 4.74 Å². The lowest BCUT2D eigenvalue weighted by Gasteiger charge is -2.41. The van der Waals surface area contributed by atoms with E-state index < -0.39 is 23.6 Å². The van der Waals surface area contributed by atoms with E-state index in [1.54, 1.807) is 13.8 Å². The maximum absolute atomic E-state index is 13.2. The molecule has 0 spiro atoms. The van der Waals surface area contributed by atoms with Gasteiger partial charge >= 0.3 is 12.1 Å². The van der Waals surface area contributed by atoms with E-state index in [9.17, 15) is 18.0 Å². The van der Waals surface area contributed by atoms with Crippen molar-refractivity contribution >= 4 is 12.2 Å². The quantitative estimate of drug-likeness (QED) is 0.788. The van der Waals surface area contributed by atoms with Gasteiger partial charge in [-0.3, -0.25) is 4.57 Å². The second-order valence-electron chi connectivity index (χ2n) is 5.36. The van der Waals surface area contributed by atoms with Crippen LogP contribution >= 0.6 is 0 Å². The molecule has 114 valence electrons. The van der Waals surface area contributed by atoms with Gasteiger partial charge in [-0.15, -0.1) is 10.2 Å². The lowest BCUT2D eigenvalue weighted by Crippen LogP contribution is -2.37. The third-order valence-electron chi connectivity index (χ3n) is 4.28. The smallest absolute Gasteiger partial charge is 0.414 e. The molecule has 3 heterocycles. The summed E-state index contributed by atoms with van der Waals surface area (Å²) in [7, 11) is 0. The third-order valence-corrected chi connectivity index (χ3v) is 4.28. The topological polar surface area (TPSA) is 57.0 Å². The number of carbonyl (C=O) groups is 1. The Labute approximate surface area is 118 Å². The highest BCUT2D eigenvalue weighted by molar-refractivity contribution is 5.86. The van der Waals surface area contributed by atoms with E-state index in [1.807, 2.05) is 0 Å². The molecule has 0 aromatic carbocycles. The molecule has 2 aliphatic heterocycles. The van der Waals surface area contributed by atoms with Crippen molar-refractivity contribution < 1.29 is 22.7 Å². The molecule has 1 aromatic heterocycles. The molecule has 3 atom stereocenters. The number of aromatic nitrogens is 3. The number of halogens is 3. The molecule has 2 bridgehead atoms. The first kappa shape index (κ1) is 14.1. The first-order valence-electron chi connectivity index (χ1n) is 6.75. The lowest BCUT2D eigenvalue weighted by molar-refractivity contribution is -0.106. The Hall–Kier alpha value is -1.86. The summed E-state index contributed by atoms with van der Waals surface area (Å²) in [6.45, 7) is 3.51. The van der Waals surface area contributed by atoms with Crippen LogP contribution < -0.4 is 0 Å². The Morgan fingerprint density at radius 1 is 1.43 bits per heavy atom. The summed E-state index contributed by atoms with van der Waals surface area (Å²) in [5.41, 5.74) is -0.629. The van der Waals surface area contributed by atoms with Gasteiger partial charge in [0.05, 0.1) is 12.2 Å². The summed E-state index contributed by atoms with van der Waals surface area (Å²) in [4.78, 5) is 11.8. The zero-order chi connectivity index (χ0) is 15.4. The minimum absolute atomic E-state index is 0.109. The van der Waals surface area contributed by atoms with Gasteiger partial charge in [-0.2, -0.15) is 13.2 Å². The zero-order valence-corrected chi connectivity index (χ0v) is 11.5. The number of hydrogen-bond acceptors (Lipinski definition) is 4. The van der Waals surface area contributed by atoms with Crippen LogP contribution in [0.1, 0.15) is 42.6 Å². The lowest BCUT2D eigenvalue weighted by atomic mass is 9.63. The van der Waals surface area contributed by atoms with Crippen molar-refractivity contribution in [3.63, 3.8) is 0 Å². The standard InChI is InChI=1S/C13H14F3N3O2/c1-3-21-12(20)11-18-17-10-8-4-7(6(8)2)9(5-19(10)11)13(14,15)16/h5-8H,3-4H2,1-2H3. The van der Waals surface area contributed by atoms with Crippen molar-refractivity contribution in [3.8, 4) is 0 Å². The Kier molecular flexibility index (Phi) is 3.07. The molecule has 0 radical (unpaired) electrons. The molecule has 21 heavy (non-hydrogen) atoms. The fourth-order valence-electron chi connectivity index (χ4n) is 3.07. The molecule has 0 saturated heterocycles. The highest BCUT2D eigenvalue weighted by Gasteiger charge is 2.52. The van der Waals surface area contributed by atoms with E-state index >= 15 is 0 Å². The van der Waals surface area contributed by atoms with Crippen molar-refractivity contribution in [2.75, 3.05) is 6.61 Å². The molecule has 1 saturated carbocycles. The fourth-order valence-corrected chi connectivity index (χ4v) is 3.07. The van der Waals surface area contributed by atoms with Crippen molar-refractivity contribution in [1.82, 2.24) is 14.8 Å². The van der Waals surface area contributed by atoms with Crippen LogP contribution in [-0.2, 0) is 4.74 Å². The first-order chi connectivity index (χ1) is 9.84. The van der Waals surface area contributed by atoms with Crippen LogP contribution in [0.2, 0.25) is 0 Å². The van der Waals surface area contributed by atoms with Crippen LogP contribution in [0.3, 0.4) is 0 Å². The van der Waals surface area contributed by atoms with E-state index in [1.165, 1.54) is 0 Å². The molecule has 5 nitrogen and oxygen atoms in total. The van der Waals surface area contributed by atoms with Gasteiger partial charge in [0, 0.05) is 12.1 Å². The van der Waals surface area contributed by atoms with E-state index in [-0.39, 0.29) is 24.3 Å². The number of allylic oxidation sites excluding steroid dienone is 1. The van der Waals surface area contributed by atoms with Gasteiger partial charge in [-0.05, 0) is 25.2 Å². The summed E-state index contributed by atoms with van der Waals surface area (Å²) >= 11 is 0. The van der Waals surface area contributed by atoms with E-state index in [0.717, 1.165) is 10.8 Å². The van der Waals surface area contributed by atoms with Crippen molar-refractivity contribution in [3.05, 3.63) is 17.2 Å². The van der Waals surface area contributed by atoms with Crippen LogP contribution in [0.5, 0.6) is 0 Å². The molecule has 3 unspecified atom stereocenters. The molecule has 1 aliphatic carbocycles. The number of nitrogens with zero attached hydrogens (tertiary/aromatic N) is 3. The molecule has 8 heteroatoms. The Balaban J connectivity index is 2.11. The average Bonchev–Trinajstić information content (AvgIpc) is 2.64. The van der Waals surface area contributed by atoms with Crippen molar-refractivity contribution in [1.29, 1.82) is 0 Å². The molecule has 1 aromatic rings. The first-order valence-corrected chi connectivity index (χ1v) is 6.75. The van der Waals surface area contributed by atoms with Gasteiger partial charge in [-0.25, -0.2) is 4.79 Å². The number of hydrogen-bond donors (Lipinski definition) is 0. The SMILES string of the molecule is CCOC(=O)c1nnc2n1C=C(C(F)(F)F)C1CC2C1C. The minimum atomic E-state index is -4.43. The zero-order valence-electron chi connectivity index (χ0n) is 11.5. The van der Waals surface area contributed by atoms with Gasteiger partial charge in [0.15, 0.2) is 0 Å². The van der Waals surface area contributed by atoms with E-state index in [4.69, 9.17) is 4.74 Å². The maximum Gasteiger partial charge on any atom is 0.414 e. The fraction of sp³-hybridized carbons (Fsp3) is 0.615. The second kappa shape index (κ2) is 4.57. The molecule has 0 amide bonds. The predicted molar refractivity (Wildman–Crippen MR) is 66.3 cm³/mol. The van der Waals surface area contributed by atoms with Crippen molar-refractivity contribution in [2.24, 2.45) is 11.8 Å². The summed E-state index contributed by atoms with van der Waals surface area (Å²) in [5.74, 6) is -1.39. The van der Waals surface area contributed by atoms with Crippen LogP contribution in [-0.4, -0.2) is 33.5 Å². The number of alkyl halides is 3. The Morgan fingerprint density at radius 2 is 2.14 bits per heavy atom. The van der Waals surface area contributed by atoms with Gasteiger partial charge in [0.1, 0.15) is 5.82 Å². The van der Waals surface area contributed by atoms with E-state index in [0.29, 0.717) is 12.2 Å². The predicted octanol–water partition coefficient (Wildman–Crippen LogP) is 2.61. The largest absolute Gasteiger partial charge is 0.460 e. The van der Waals surface area contributed by atoms with Crippen molar-refractivity contribution in [2.45, 2.75) is 32.4 Å². The van der Waals surface area contributed by atoms with Crippen LogP contribution in [0.4, 0.5) is 13.2 Å². The molecular weight excluding hydrogens is 287 g/mol. The molecule has 3 aliphatic rings. The number of rotatable bonds is 2. The number of esters is 1. The molecular formula is C13H14F3N3O2. The highest BCUT2D eigenvalue weighted by atomic mass is 19.4. The summed E-state index contributed by atoms with van der Waals surface area (Å²) < 4.78 is 45.6. The van der Waals surface area contributed by atoms with Crippen LogP contribution in [0, 0.1) is 11.8 Å². The summed E-state index contributed by atoms with van der Waals surface area (Å²) in [6.07, 6.45) is -3.09.